The third-order valence-corrected chi connectivity index (χ3v) is 3.40. The fourth-order valence-corrected chi connectivity index (χ4v) is 2.39. The van der Waals surface area contributed by atoms with E-state index >= 15 is 0 Å². The van der Waals surface area contributed by atoms with Gasteiger partial charge >= 0.3 is 0 Å². The Morgan fingerprint density at radius 1 is 1.72 bits per heavy atom. The van der Waals surface area contributed by atoms with Crippen LogP contribution in [0.2, 0.25) is 0 Å². The average Bonchev–Trinajstić information content (AvgIpc) is 2.98. The number of hydrogen-bond acceptors (Lipinski definition) is 4. The minimum atomic E-state index is -0.123. The lowest BCUT2D eigenvalue weighted by Crippen LogP contribution is -2.41. The smallest absolute Gasteiger partial charge is 0.234 e. The van der Waals surface area contributed by atoms with Crippen LogP contribution in [-0.4, -0.2) is 41.7 Å². The number of furan rings is 1. The van der Waals surface area contributed by atoms with Crippen LogP contribution in [0, 0.1) is 0 Å². The van der Waals surface area contributed by atoms with Gasteiger partial charge in [0.1, 0.15) is 5.76 Å². The molecule has 0 spiro atoms. The third kappa shape index (κ3) is 3.11. The number of nitrogens with one attached hydrogen (secondary N) is 1. The lowest BCUT2D eigenvalue weighted by molar-refractivity contribution is -0.123. The SMILES string of the molecule is CC(NC(=O)CN1CCC[C@@H]1CO)c1ccco1. The fraction of sp³-hybridized carbons (Fsp3) is 0.615. The standard InChI is InChI=1S/C13H20N2O3/c1-10(12-5-3-7-18-12)14-13(17)8-15-6-2-4-11(15)9-16/h3,5,7,10-11,16H,2,4,6,8-9H2,1H3,(H,14,17)/t10?,11-/m1/s1. The molecule has 1 saturated heterocycles. The Labute approximate surface area is 107 Å². The Morgan fingerprint density at radius 2 is 2.56 bits per heavy atom. The second kappa shape index (κ2) is 6.02. The zero-order valence-electron chi connectivity index (χ0n) is 10.6. The van der Waals surface area contributed by atoms with Crippen molar-refractivity contribution < 1.29 is 14.3 Å². The number of rotatable bonds is 5. The number of hydrogen-bond donors (Lipinski definition) is 2. The van der Waals surface area contributed by atoms with Gasteiger partial charge in [-0.3, -0.25) is 9.69 Å². The van der Waals surface area contributed by atoms with E-state index in [2.05, 4.69) is 5.32 Å². The molecular formula is C13H20N2O3. The van der Waals surface area contributed by atoms with Crippen molar-refractivity contribution in [3.8, 4) is 0 Å². The van der Waals surface area contributed by atoms with Crippen molar-refractivity contribution in [1.29, 1.82) is 0 Å². The summed E-state index contributed by atoms with van der Waals surface area (Å²) in [7, 11) is 0. The van der Waals surface area contributed by atoms with Crippen LogP contribution in [0.3, 0.4) is 0 Å². The summed E-state index contributed by atoms with van der Waals surface area (Å²) in [6.07, 6.45) is 3.62. The van der Waals surface area contributed by atoms with Crippen LogP contribution in [0.25, 0.3) is 0 Å². The summed E-state index contributed by atoms with van der Waals surface area (Å²) in [5, 5.41) is 12.1. The molecule has 2 rings (SSSR count). The van der Waals surface area contributed by atoms with Gasteiger partial charge in [0.15, 0.2) is 0 Å². The van der Waals surface area contributed by atoms with Gasteiger partial charge in [0.2, 0.25) is 5.91 Å². The van der Waals surface area contributed by atoms with Crippen molar-refractivity contribution in [3.63, 3.8) is 0 Å². The molecule has 1 aromatic heterocycles. The molecular weight excluding hydrogens is 232 g/mol. The predicted molar refractivity (Wildman–Crippen MR) is 66.9 cm³/mol. The summed E-state index contributed by atoms with van der Waals surface area (Å²) in [5.41, 5.74) is 0. The molecule has 2 N–H and O–H groups in total. The van der Waals surface area contributed by atoms with E-state index < -0.39 is 0 Å². The summed E-state index contributed by atoms with van der Waals surface area (Å²) in [6.45, 7) is 3.25. The molecule has 2 heterocycles. The molecule has 0 aromatic carbocycles. The van der Waals surface area contributed by atoms with Crippen molar-refractivity contribution >= 4 is 5.91 Å². The van der Waals surface area contributed by atoms with Gasteiger partial charge in [0, 0.05) is 6.04 Å². The Hall–Kier alpha value is -1.33. The average molecular weight is 252 g/mol. The van der Waals surface area contributed by atoms with E-state index in [9.17, 15) is 9.90 Å². The van der Waals surface area contributed by atoms with E-state index in [1.54, 1.807) is 12.3 Å². The van der Waals surface area contributed by atoms with E-state index in [1.165, 1.54) is 0 Å². The Morgan fingerprint density at radius 3 is 3.22 bits per heavy atom. The molecule has 1 unspecified atom stereocenters. The molecule has 0 saturated carbocycles. The van der Waals surface area contributed by atoms with E-state index in [4.69, 9.17) is 4.42 Å². The van der Waals surface area contributed by atoms with Crippen molar-refractivity contribution in [3.05, 3.63) is 24.2 Å². The first-order valence-corrected chi connectivity index (χ1v) is 6.38. The highest BCUT2D eigenvalue weighted by molar-refractivity contribution is 5.78. The zero-order valence-corrected chi connectivity index (χ0v) is 10.6. The molecule has 1 aliphatic rings. The summed E-state index contributed by atoms with van der Waals surface area (Å²) in [5.74, 6) is 0.725. The third-order valence-electron chi connectivity index (χ3n) is 3.40. The fourth-order valence-electron chi connectivity index (χ4n) is 2.39. The number of nitrogens with zero attached hydrogens (tertiary/aromatic N) is 1. The molecule has 1 amide bonds. The maximum atomic E-state index is 11.9. The van der Waals surface area contributed by atoms with Crippen molar-refractivity contribution in [2.75, 3.05) is 19.7 Å². The second-order valence-corrected chi connectivity index (χ2v) is 4.75. The zero-order chi connectivity index (χ0) is 13.0. The molecule has 5 heteroatoms. The number of carbonyl (C=O) groups is 1. The van der Waals surface area contributed by atoms with Gasteiger partial charge < -0.3 is 14.8 Å². The lowest BCUT2D eigenvalue weighted by Gasteiger charge is -2.22. The van der Waals surface area contributed by atoms with Crippen LogP contribution in [-0.2, 0) is 4.79 Å². The molecule has 0 radical (unpaired) electrons. The predicted octanol–water partition coefficient (Wildman–Crippen LogP) is 0.913. The van der Waals surface area contributed by atoms with Crippen LogP contribution >= 0.6 is 0 Å². The molecule has 1 fully saturated rings. The van der Waals surface area contributed by atoms with Gasteiger partial charge in [-0.15, -0.1) is 0 Å². The van der Waals surface area contributed by atoms with Crippen LogP contribution in [0.1, 0.15) is 31.6 Å². The van der Waals surface area contributed by atoms with Crippen molar-refractivity contribution in [2.45, 2.75) is 31.8 Å². The number of amides is 1. The molecule has 18 heavy (non-hydrogen) atoms. The van der Waals surface area contributed by atoms with E-state index in [1.807, 2.05) is 17.9 Å². The molecule has 2 atom stereocenters. The van der Waals surface area contributed by atoms with Crippen LogP contribution in [0.15, 0.2) is 22.8 Å². The number of aliphatic hydroxyl groups is 1. The lowest BCUT2D eigenvalue weighted by atomic mass is 10.2. The van der Waals surface area contributed by atoms with Crippen LogP contribution in [0.4, 0.5) is 0 Å². The van der Waals surface area contributed by atoms with Gasteiger partial charge in [-0.05, 0) is 38.4 Å². The van der Waals surface area contributed by atoms with Crippen LogP contribution < -0.4 is 5.32 Å². The summed E-state index contributed by atoms with van der Waals surface area (Å²) < 4.78 is 5.24. The minimum absolute atomic E-state index is 0.0285. The maximum absolute atomic E-state index is 11.9. The number of aliphatic hydroxyl groups excluding tert-OH is 1. The maximum Gasteiger partial charge on any atom is 0.234 e. The Bertz CT molecular complexity index is 378. The van der Waals surface area contributed by atoms with Crippen molar-refractivity contribution in [1.82, 2.24) is 10.2 Å². The first-order valence-electron chi connectivity index (χ1n) is 6.38. The Kier molecular flexibility index (Phi) is 4.38. The molecule has 100 valence electrons. The Balaban J connectivity index is 1.81. The van der Waals surface area contributed by atoms with E-state index in [0.29, 0.717) is 6.54 Å². The molecule has 5 nitrogen and oxygen atoms in total. The van der Waals surface area contributed by atoms with Crippen LogP contribution in [0.5, 0.6) is 0 Å². The van der Waals surface area contributed by atoms with Gasteiger partial charge in [-0.1, -0.05) is 0 Å². The molecule has 0 bridgehead atoms. The van der Waals surface area contributed by atoms with Gasteiger partial charge in [0.05, 0.1) is 25.5 Å². The van der Waals surface area contributed by atoms with Gasteiger partial charge in [0.25, 0.3) is 0 Å². The monoisotopic (exact) mass is 252 g/mol. The second-order valence-electron chi connectivity index (χ2n) is 4.75. The van der Waals surface area contributed by atoms with Gasteiger partial charge in [-0.25, -0.2) is 0 Å². The quantitative estimate of drug-likeness (QED) is 0.817. The summed E-state index contributed by atoms with van der Waals surface area (Å²) in [6, 6.07) is 3.66. The molecule has 1 aliphatic heterocycles. The van der Waals surface area contributed by atoms with E-state index in [-0.39, 0.29) is 24.6 Å². The largest absolute Gasteiger partial charge is 0.467 e. The first kappa shape index (κ1) is 13.1. The van der Waals surface area contributed by atoms with E-state index in [0.717, 1.165) is 25.1 Å². The summed E-state index contributed by atoms with van der Waals surface area (Å²) in [4.78, 5) is 13.9. The highest BCUT2D eigenvalue weighted by atomic mass is 16.3. The molecule has 1 aromatic rings. The summed E-state index contributed by atoms with van der Waals surface area (Å²) >= 11 is 0. The normalized spacial score (nSPS) is 22.0. The topological polar surface area (TPSA) is 65.7 Å². The number of likely N-dealkylation sites (tertiary alicyclic amines) is 1. The molecule has 0 aliphatic carbocycles. The first-order chi connectivity index (χ1) is 8.70. The highest BCUT2D eigenvalue weighted by Gasteiger charge is 2.25. The minimum Gasteiger partial charge on any atom is -0.467 e. The van der Waals surface area contributed by atoms with Crippen molar-refractivity contribution in [2.24, 2.45) is 0 Å². The number of carbonyl (C=O) groups excluding carboxylic acids is 1. The van der Waals surface area contributed by atoms with Gasteiger partial charge in [-0.2, -0.15) is 0 Å². The highest BCUT2D eigenvalue weighted by Crippen LogP contribution is 2.16.